The maximum Gasteiger partial charge on any atom is 0.165 e. The van der Waals surface area contributed by atoms with E-state index in [-0.39, 0.29) is 23.4 Å². The maximum absolute atomic E-state index is 12.6. The van der Waals surface area contributed by atoms with Gasteiger partial charge in [-0.2, -0.15) is 0 Å². The fourth-order valence-corrected chi connectivity index (χ4v) is 5.11. The Kier molecular flexibility index (Phi) is 7.25. The first-order valence-electron chi connectivity index (χ1n) is 9.58. The summed E-state index contributed by atoms with van der Waals surface area (Å²) < 4.78 is 0. The van der Waals surface area contributed by atoms with Crippen LogP contribution >= 0.6 is 35.0 Å². The molecule has 0 saturated heterocycles. The third-order valence-electron chi connectivity index (χ3n) is 5.27. The molecule has 0 spiro atoms. The van der Waals surface area contributed by atoms with Crippen molar-refractivity contribution in [2.75, 3.05) is 11.8 Å². The van der Waals surface area contributed by atoms with Crippen molar-refractivity contribution < 1.29 is 9.59 Å². The van der Waals surface area contributed by atoms with Gasteiger partial charge in [-0.3, -0.25) is 9.59 Å². The van der Waals surface area contributed by atoms with E-state index in [0.29, 0.717) is 24.6 Å². The molecule has 2 atom stereocenters. The Labute approximate surface area is 181 Å². The second-order valence-electron chi connectivity index (χ2n) is 7.41. The van der Waals surface area contributed by atoms with E-state index >= 15 is 0 Å². The van der Waals surface area contributed by atoms with Crippen LogP contribution in [0.3, 0.4) is 0 Å². The van der Waals surface area contributed by atoms with Crippen molar-refractivity contribution in [2.24, 2.45) is 11.8 Å². The van der Waals surface area contributed by atoms with E-state index in [2.05, 4.69) is 0 Å². The van der Waals surface area contributed by atoms with Gasteiger partial charge < -0.3 is 0 Å². The summed E-state index contributed by atoms with van der Waals surface area (Å²) in [4.78, 5) is 27.6. The number of hydrogen-bond donors (Lipinski definition) is 0. The first-order chi connectivity index (χ1) is 13.4. The Balaban J connectivity index is 1.84. The van der Waals surface area contributed by atoms with Gasteiger partial charge in [0.25, 0.3) is 0 Å². The fraction of sp³-hybridized carbons (Fsp3) is 0.391. The van der Waals surface area contributed by atoms with E-state index in [1.165, 1.54) is 9.79 Å². The van der Waals surface area contributed by atoms with Gasteiger partial charge in [0.1, 0.15) is 0 Å². The van der Waals surface area contributed by atoms with Gasteiger partial charge in [-0.1, -0.05) is 37.7 Å². The third kappa shape index (κ3) is 4.64. The normalized spacial score (nSPS) is 14.7. The highest BCUT2D eigenvalue weighted by atomic mass is 35.5. The molecule has 0 bridgehead atoms. The number of carbonyl (C=O) groups is 2. The van der Waals surface area contributed by atoms with E-state index in [0.717, 1.165) is 28.7 Å². The summed E-state index contributed by atoms with van der Waals surface area (Å²) in [6, 6.07) is 11.9. The number of hydrogen-bond acceptors (Lipinski definition) is 3. The van der Waals surface area contributed by atoms with Crippen molar-refractivity contribution >= 4 is 46.5 Å². The molecule has 0 radical (unpaired) electrons. The van der Waals surface area contributed by atoms with Crippen molar-refractivity contribution in [2.45, 2.75) is 42.9 Å². The molecule has 148 valence electrons. The van der Waals surface area contributed by atoms with Gasteiger partial charge in [-0.25, -0.2) is 0 Å². The molecule has 28 heavy (non-hydrogen) atoms. The summed E-state index contributed by atoms with van der Waals surface area (Å²) in [5.74, 6) is 1.09. The lowest BCUT2D eigenvalue weighted by molar-refractivity contribution is 0.0920. The third-order valence-corrected chi connectivity index (χ3v) is 6.94. The number of Topliss-reactive ketones (excluding diaryl/α,β-unsaturated/α-hetero) is 2. The van der Waals surface area contributed by atoms with E-state index in [4.69, 9.17) is 23.2 Å². The van der Waals surface area contributed by atoms with Crippen LogP contribution in [0.15, 0.2) is 46.2 Å². The molecule has 0 saturated carbocycles. The summed E-state index contributed by atoms with van der Waals surface area (Å²) in [7, 11) is 0. The van der Waals surface area contributed by atoms with Crippen LogP contribution < -0.4 is 0 Å². The van der Waals surface area contributed by atoms with Crippen LogP contribution in [0.25, 0.3) is 0 Å². The first kappa shape index (κ1) is 21.4. The molecule has 1 aliphatic heterocycles. The predicted molar refractivity (Wildman–Crippen MR) is 117 cm³/mol. The van der Waals surface area contributed by atoms with Gasteiger partial charge in [0, 0.05) is 44.5 Å². The monoisotopic (exact) mass is 434 g/mol. The van der Waals surface area contributed by atoms with E-state index in [9.17, 15) is 9.59 Å². The minimum Gasteiger partial charge on any atom is -0.294 e. The molecule has 2 unspecified atom stereocenters. The number of alkyl halides is 2. The van der Waals surface area contributed by atoms with Crippen molar-refractivity contribution in [1.82, 2.24) is 0 Å². The lowest BCUT2D eigenvalue weighted by atomic mass is 9.92. The summed E-state index contributed by atoms with van der Waals surface area (Å²) in [5.41, 5.74) is 3.76. The first-order valence-corrected chi connectivity index (χ1v) is 11.5. The van der Waals surface area contributed by atoms with Gasteiger partial charge >= 0.3 is 0 Å². The van der Waals surface area contributed by atoms with Crippen LogP contribution in [0.1, 0.15) is 58.5 Å². The van der Waals surface area contributed by atoms with Crippen molar-refractivity contribution in [1.29, 1.82) is 0 Å². The molecular formula is C23H24Cl2O2S. The van der Waals surface area contributed by atoms with Gasteiger partial charge in [0.15, 0.2) is 11.6 Å². The topological polar surface area (TPSA) is 34.1 Å². The maximum atomic E-state index is 12.6. The number of ketones is 2. The zero-order valence-corrected chi connectivity index (χ0v) is 18.5. The smallest absolute Gasteiger partial charge is 0.165 e. The summed E-state index contributed by atoms with van der Waals surface area (Å²) >= 11 is 13.3. The second kappa shape index (κ2) is 9.47. The van der Waals surface area contributed by atoms with Crippen LogP contribution in [0.2, 0.25) is 0 Å². The molecule has 2 aromatic carbocycles. The summed E-state index contributed by atoms with van der Waals surface area (Å²) in [6.45, 7) is 3.85. The Morgan fingerprint density at radius 1 is 0.857 bits per heavy atom. The zero-order valence-electron chi connectivity index (χ0n) is 16.1. The molecule has 1 heterocycles. The standard InChI is InChI=1S/C23H24Cl2O2S/c1-14(7-9-24)22(26)16-3-5-20-18(11-16)13-19-12-17(4-6-21(19)28-20)23(27)15(2)8-10-25/h3-6,11-12,14-15H,7-10,13H2,1-2H3. The zero-order chi connectivity index (χ0) is 20.3. The van der Waals surface area contributed by atoms with Crippen LogP contribution in [0.5, 0.6) is 0 Å². The molecule has 2 aromatic rings. The second-order valence-corrected chi connectivity index (χ2v) is 9.25. The van der Waals surface area contributed by atoms with Crippen molar-refractivity contribution in [3.63, 3.8) is 0 Å². The van der Waals surface area contributed by atoms with E-state index in [1.54, 1.807) is 11.8 Å². The highest BCUT2D eigenvalue weighted by Crippen LogP contribution is 2.40. The van der Waals surface area contributed by atoms with Crippen molar-refractivity contribution in [3.8, 4) is 0 Å². The lowest BCUT2D eigenvalue weighted by Gasteiger charge is -2.21. The van der Waals surface area contributed by atoms with E-state index < -0.39 is 0 Å². The highest BCUT2D eigenvalue weighted by molar-refractivity contribution is 7.99. The largest absolute Gasteiger partial charge is 0.294 e. The quantitative estimate of drug-likeness (QED) is 0.294. The molecule has 2 nitrogen and oxygen atoms in total. The van der Waals surface area contributed by atoms with Crippen LogP contribution in [-0.2, 0) is 6.42 Å². The minimum absolute atomic E-state index is 0.0771. The number of halogens is 2. The number of benzene rings is 2. The Morgan fingerprint density at radius 2 is 1.29 bits per heavy atom. The van der Waals surface area contributed by atoms with Crippen LogP contribution in [-0.4, -0.2) is 23.3 Å². The molecule has 5 heteroatoms. The molecule has 0 N–H and O–H groups in total. The van der Waals surface area contributed by atoms with Gasteiger partial charge in [0.05, 0.1) is 0 Å². The van der Waals surface area contributed by atoms with Crippen LogP contribution in [0, 0.1) is 11.8 Å². The summed E-state index contributed by atoms with van der Waals surface area (Å²) in [5, 5.41) is 0. The van der Waals surface area contributed by atoms with Crippen molar-refractivity contribution in [3.05, 3.63) is 58.7 Å². The molecule has 0 fully saturated rings. The number of rotatable bonds is 8. The summed E-state index contributed by atoms with van der Waals surface area (Å²) in [6.07, 6.45) is 2.09. The molecule has 0 amide bonds. The number of fused-ring (bicyclic) bond motifs is 2. The van der Waals surface area contributed by atoms with Gasteiger partial charge in [-0.15, -0.1) is 23.2 Å². The SMILES string of the molecule is CC(CCCl)C(=O)c1ccc2c(c1)Cc1cc(C(=O)C(C)CCCl)ccc1S2. The number of carbonyl (C=O) groups excluding carboxylic acids is 2. The Bertz CT molecular complexity index is 823. The molecular weight excluding hydrogens is 411 g/mol. The Morgan fingerprint density at radius 3 is 1.68 bits per heavy atom. The van der Waals surface area contributed by atoms with Gasteiger partial charge in [0.2, 0.25) is 0 Å². The molecule has 1 aliphatic rings. The average molecular weight is 435 g/mol. The Hall–Kier alpha value is -1.29. The van der Waals surface area contributed by atoms with Gasteiger partial charge in [-0.05, 0) is 54.7 Å². The highest BCUT2D eigenvalue weighted by Gasteiger charge is 2.22. The fourth-order valence-electron chi connectivity index (χ4n) is 3.42. The van der Waals surface area contributed by atoms with Crippen LogP contribution in [0.4, 0.5) is 0 Å². The average Bonchev–Trinajstić information content (AvgIpc) is 2.70. The molecule has 0 aromatic heterocycles. The minimum atomic E-state index is -0.0771. The molecule has 3 rings (SSSR count). The molecule has 0 aliphatic carbocycles. The predicted octanol–water partition coefficient (Wildman–Crippen LogP) is 6.64. The lowest BCUT2D eigenvalue weighted by Crippen LogP contribution is -2.14. The van der Waals surface area contributed by atoms with E-state index in [1.807, 2.05) is 50.2 Å².